The predicted molar refractivity (Wildman–Crippen MR) is 124 cm³/mol. The first-order chi connectivity index (χ1) is 14.3. The number of nitrogens with zero attached hydrogens (tertiary/aromatic N) is 1. The van der Waals surface area contributed by atoms with Gasteiger partial charge in [-0.3, -0.25) is 14.9 Å². The molecule has 156 valence electrons. The standard InChI is InChI=1S/C22H21BrN2O4S/c1-4-13(2)29-18-10-9-14(12-16(18)23)11-15-20(26)24-22(30)25(21(15)27)17-7-5-6-8-19(17)28-3/h5-13H,4H2,1-3H3,(H,24,26,30)/b15-11+/t13-/m0/s1. The van der Waals surface area contributed by atoms with Gasteiger partial charge in [-0.25, -0.2) is 4.90 Å². The van der Waals surface area contributed by atoms with E-state index in [1.807, 2.05) is 13.8 Å². The molecule has 1 heterocycles. The smallest absolute Gasteiger partial charge is 0.270 e. The highest BCUT2D eigenvalue weighted by molar-refractivity contribution is 9.10. The number of ether oxygens (including phenoxy) is 2. The lowest BCUT2D eigenvalue weighted by molar-refractivity contribution is -0.122. The molecule has 2 aromatic carbocycles. The van der Waals surface area contributed by atoms with Crippen LogP contribution in [0.5, 0.6) is 11.5 Å². The highest BCUT2D eigenvalue weighted by Crippen LogP contribution is 2.32. The highest BCUT2D eigenvalue weighted by Gasteiger charge is 2.35. The summed E-state index contributed by atoms with van der Waals surface area (Å²) in [6.45, 7) is 4.03. The third-order valence-electron chi connectivity index (χ3n) is 4.60. The second-order valence-electron chi connectivity index (χ2n) is 6.66. The number of thiocarbonyl (C=S) groups is 1. The number of hydrogen-bond donors (Lipinski definition) is 1. The Balaban J connectivity index is 1.96. The fourth-order valence-electron chi connectivity index (χ4n) is 2.86. The van der Waals surface area contributed by atoms with Crippen LogP contribution in [0, 0.1) is 0 Å². The number of carbonyl (C=O) groups excluding carboxylic acids is 2. The maximum atomic E-state index is 13.2. The van der Waals surface area contributed by atoms with Crippen molar-refractivity contribution in [2.24, 2.45) is 0 Å². The molecule has 3 rings (SSSR count). The topological polar surface area (TPSA) is 67.9 Å². The Kier molecular flexibility index (Phi) is 6.89. The third-order valence-corrected chi connectivity index (χ3v) is 5.50. The molecule has 1 N–H and O–H groups in total. The van der Waals surface area contributed by atoms with Crippen LogP contribution in [0.15, 0.2) is 52.5 Å². The number of benzene rings is 2. The van der Waals surface area contributed by atoms with Gasteiger partial charge in [0.15, 0.2) is 5.11 Å². The molecule has 1 fully saturated rings. The van der Waals surface area contributed by atoms with Crippen molar-refractivity contribution in [2.75, 3.05) is 12.0 Å². The molecular weight excluding hydrogens is 468 g/mol. The summed E-state index contributed by atoms with van der Waals surface area (Å²) < 4.78 is 11.9. The summed E-state index contributed by atoms with van der Waals surface area (Å²) >= 11 is 8.73. The minimum Gasteiger partial charge on any atom is -0.495 e. The lowest BCUT2D eigenvalue weighted by atomic mass is 10.1. The molecule has 1 saturated heterocycles. The van der Waals surface area contributed by atoms with Crippen LogP contribution in [0.3, 0.4) is 0 Å². The maximum Gasteiger partial charge on any atom is 0.270 e. The first-order valence-electron chi connectivity index (χ1n) is 9.36. The zero-order chi connectivity index (χ0) is 21.8. The molecule has 1 aliphatic rings. The van der Waals surface area contributed by atoms with E-state index in [4.69, 9.17) is 21.7 Å². The fraction of sp³-hybridized carbons (Fsp3) is 0.227. The number of halogens is 1. The van der Waals surface area contributed by atoms with Crippen LogP contribution in [0.2, 0.25) is 0 Å². The lowest BCUT2D eigenvalue weighted by Crippen LogP contribution is -2.54. The van der Waals surface area contributed by atoms with Gasteiger partial charge < -0.3 is 9.47 Å². The van der Waals surface area contributed by atoms with E-state index in [1.54, 1.807) is 42.5 Å². The first-order valence-corrected chi connectivity index (χ1v) is 10.6. The number of para-hydroxylation sites is 2. The number of hydrogen-bond acceptors (Lipinski definition) is 5. The fourth-order valence-corrected chi connectivity index (χ4v) is 3.62. The summed E-state index contributed by atoms with van der Waals surface area (Å²) in [5, 5.41) is 2.58. The summed E-state index contributed by atoms with van der Waals surface area (Å²) in [5.41, 5.74) is 1.10. The molecule has 2 amide bonds. The Morgan fingerprint density at radius 2 is 1.93 bits per heavy atom. The normalized spacial score (nSPS) is 16.5. The van der Waals surface area contributed by atoms with Gasteiger partial charge in [0, 0.05) is 0 Å². The van der Waals surface area contributed by atoms with E-state index in [2.05, 4.69) is 21.2 Å². The van der Waals surface area contributed by atoms with E-state index < -0.39 is 11.8 Å². The summed E-state index contributed by atoms with van der Waals surface area (Å²) in [7, 11) is 1.51. The molecular formula is C22H21BrN2O4S. The highest BCUT2D eigenvalue weighted by atomic mass is 79.9. The maximum absolute atomic E-state index is 13.2. The molecule has 0 saturated carbocycles. The van der Waals surface area contributed by atoms with Gasteiger partial charge in [0.2, 0.25) is 0 Å². The van der Waals surface area contributed by atoms with Crippen molar-refractivity contribution in [3.8, 4) is 11.5 Å². The molecule has 0 aromatic heterocycles. The number of anilines is 1. The van der Waals surface area contributed by atoms with Crippen molar-refractivity contribution < 1.29 is 19.1 Å². The van der Waals surface area contributed by atoms with Crippen LogP contribution in [0.1, 0.15) is 25.8 Å². The van der Waals surface area contributed by atoms with Gasteiger partial charge >= 0.3 is 0 Å². The number of methoxy groups -OCH3 is 1. The molecule has 0 bridgehead atoms. The zero-order valence-electron chi connectivity index (χ0n) is 16.8. The zero-order valence-corrected chi connectivity index (χ0v) is 19.2. The van der Waals surface area contributed by atoms with E-state index in [0.717, 1.165) is 10.9 Å². The van der Waals surface area contributed by atoms with E-state index in [1.165, 1.54) is 18.1 Å². The van der Waals surface area contributed by atoms with Crippen molar-refractivity contribution in [3.05, 3.63) is 58.1 Å². The van der Waals surface area contributed by atoms with Crippen LogP contribution in [-0.4, -0.2) is 30.1 Å². The molecule has 6 nitrogen and oxygen atoms in total. The van der Waals surface area contributed by atoms with Gasteiger partial charge in [0.25, 0.3) is 11.8 Å². The number of rotatable bonds is 6. The van der Waals surface area contributed by atoms with Crippen LogP contribution >= 0.6 is 28.1 Å². The minimum absolute atomic E-state index is 0.00475. The minimum atomic E-state index is -0.549. The quantitative estimate of drug-likeness (QED) is 0.369. The second-order valence-corrected chi connectivity index (χ2v) is 7.90. The van der Waals surface area contributed by atoms with Crippen molar-refractivity contribution in [2.45, 2.75) is 26.4 Å². The van der Waals surface area contributed by atoms with Crippen LogP contribution in [0.25, 0.3) is 6.08 Å². The second kappa shape index (κ2) is 9.40. The van der Waals surface area contributed by atoms with Gasteiger partial charge in [0.05, 0.1) is 23.4 Å². The van der Waals surface area contributed by atoms with Crippen LogP contribution < -0.4 is 19.7 Å². The van der Waals surface area contributed by atoms with Crippen LogP contribution in [0.4, 0.5) is 5.69 Å². The van der Waals surface area contributed by atoms with E-state index in [9.17, 15) is 9.59 Å². The number of carbonyl (C=O) groups is 2. The van der Waals surface area contributed by atoms with Crippen LogP contribution in [-0.2, 0) is 9.59 Å². The van der Waals surface area contributed by atoms with Gasteiger partial charge in [0.1, 0.15) is 17.1 Å². The van der Waals surface area contributed by atoms with E-state index >= 15 is 0 Å². The predicted octanol–water partition coefficient (Wildman–Crippen LogP) is 4.47. The monoisotopic (exact) mass is 488 g/mol. The molecule has 30 heavy (non-hydrogen) atoms. The molecule has 0 aliphatic carbocycles. The summed E-state index contributed by atoms with van der Waals surface area (Å²) in [5.74, 6) is 0.0947. The largest absolute Gasteiger partial charge is 0.495 e. The summed E-state index contributed by atoms with van der Waals surface area (Å²) in [4.78, 5) is 26.9. The molecule has 1 atom stereocenters. The van der Waals surface area contributed by atoms with Crippen molar-refractivity contribution in [1.29, 1.82) is 0 Å². The van der Waals surface area contributed by atoms with Gasteiger partial charge in [-0.2, -0.15) is 0 Å². The molecule has 2 aromatic rings. The third kappa shape index (κ3) is 4.55. The average Bonchev–Trinajstić information content (AvgIpc) is 2.73. The molecule has 0 unspecified atom stereocenters. The van der Waals surface area contributed by atoms with Crippen molar-refractivity contribution in [1.82, 2.24) is 5.32 Å². The summed E-state index contributed by atoms with van der Waals surface area (Å²) in [6, 6.07) is 12.4. The number of amides is 2. The average molecular weight is 489 g/mol. The molecule has 0 radical (unpaired) electrons. The van der Waals surface area contributed by atoms with Gasteiger partial charge in [-0.1, -0.05) is 25.1 Å². The Morgan fingerprint density at radius 3 is 2.60 bits per heavy atom. The SMILES string of the molecule is CC[C@H](C)Oc1ccc(/C=C2\C(=O)NC(=S)N(c3ccccc3OC)C2=O)cc1Br. The molecule has 1 aliphatic heterocycles. The van der Waals surface area contributed by atoms with Gasteiger partial charge in [-0.15, -0.1) is 0 Å². The van der Waals surface area contributed by atoms with Gasteiger partial charge in [-0.05, 0) is 77.4 Å². The summed E-state index contributed by atoms with van der Waals surface area (Å²) in [6.07, 6.45) is 2.48. The Hall–Kier alpha value is -2.71. The Labute approximate surface area is 189 Å². The lowest BCUT2D eigenvalue weighted by Gasteiger charge is -2.29. The molecule has 8 heteroatoms. The first kappa shape index (κ1) is 22.0. The molecule has 0 spiro atoms. The van der Waals surface area contributed by atoms with E-state index in [0.29, 0.717) is 22.7 Å². The van der Waals surface area contributed by atoms with E-state index in [-0.39, 0.29) is 16.8 Å². The Bertz CT molecular complexity index is 1040. The van der Waals surface area contributed by atoms with Crippen molar-refractivity contribution in [3.63, 3.8) is 0 Å². The number of nitrogens with one attached hydrogen (secondary N) is 1. The Morgan fingerprint density at radius 1 is 1.20 bits per heavy atom. The van der Waals surface area contributed by atoms with Crippen molar-refractivity contribution >= 4 is 56.8 Å².